The Morgan fingerprint density at radius 1 is 1.00 bits per heavy atom. The average Bonchev–Trinajstić information content (AvgIpc) is 2.75. The zero-order valence-electron chi connectivity index (χ0n) is 18.5. The van der Waals surface area contributed by atoms with Gasteiger partial charge < -0.3 is 15.0 Å². The van der Waals surface area contributed by atoms with Crippen molar-refractivity contribution in [1.82, 2.24) is 10.2 Å². The molecule has 2 amide bonds. The van der Waals surface area contributed by atoms with E-state index in [0.29, 0.717) is 46.3 Å². The third-order valence-corrected chi connectivity index (χ3v) is 5.66. The molecule has 0 aliphatic carbocycles. The van der Waals surface area contributed by atoms with Gasteiger partial charge in [-0.05, 0) is 61.2 Å². The molecule has 0 aliphatic rings. The molecule has 0 fully saturated rings. The predicted molar refractivity (Wildman–Crippen MR) is 131 cm³/mol. The smallest absolute Gasteiger partial charge is 0.242 e. The van der Waals surface area contributed by atoms with E-state index in [1.807, 2.05) is 13.8 Å². The number of hydrogen-bond acceptors (Lipinski definition) is 3. The summed E-state index contributed by atoms with van der Waals surface area (Å²) in [6.07, 6.45) is 0.743. The van der Waals surface area contributed by atoms with Crippen LogP contribution in [0.4, 0.5) is 0 Å². The van der Waals surface area contributed by atoms with E-state index < -0.39 is 6.04 Å². The third kappa shape index (κ3) is 8.53. The number of ether oxygens (including phenoxy) is 1. The molecule has 0 heterocycles. The topological polar surface area (TPSA) is 58.6 Å². The molecule has 174 valence electrons. The Bertz CT molecular complexity index is 904. The summed E-state index contributed by atoms with van der Waals surface area (Å²) in [6, 6.07) is 11.5. The lowest BCUT2D eigenvalue weighted by atomic mass is 10.1. The van der Waals surface area contributed by atoms with Crippen LogP contribution in [0.1, 0.15) is 39.2 Å². The first-order valence-corrected chi connectivity index (χ1v) is 11.7. The lowest BCUT2D eigenvalue weighted by Crippen LogP contribution is -2.48. The lowest BCUT2D eigenvalue weighted by Gasteiger charge is -2.29. The van der Waals surface area contributed by atoms with E-state index in [9.17, 15) is 9.59 Å². The van der Waals surface area contributed by atoms with Gasteiger partial charge in [0.05, 0.1) is 6.61 Å². The number of hydrogen-bond donors (Lipinski definition) is 1. The minimum atomic E-state index is -0.648. The maximum absolute atomic E-state index is 13.1. The highest BCUT2D eigenvalue weighted by molar-refractivity contribution is 6.35. The van der Waals surface area contributed by atoms with Crippen LogP contribution < -0.4 is 10.1 Å². The summed E-state index contributed by atoms with van der Waals surface area (Å²) in [5, 5.41) is 4.50. The summed E-state index contributed by atoms with van der Waals surface area (Å²) >= 11 is 18.2. The first-order chi connectivity index (χ1) is 15.2. The molecule has 2 aromatic rings. The molecular formula is C24H29Cl3N2O3. The summed E-state index contributed by atoms with van der Waals surface area (Å²) < 4.78 is 5.67. The first-order valence-electron chi connectivity index (χ1n) is 10.6. The first kappa shape index (κ1) is 26.3. The molecule has 0 saturated heterocycles. The van der Waals surface area contributed by atoms with Crippen molar-refractivity contribution in [2.75, 3.05) is 13.2 Å². The zero-order chi connectivity index (χ0) is 23.7. The minimum absolute atomic E-state index is 0.150. The van der Waals surface area contributed by atoms with Crippen LogP contribution >= 0.6 is 34.8 Å². The summed E-state index contributed by atoms with van der Waals surface area (Å²) in [5.41, 5.74) is 0.727. The molecule has 0 bridgehead atoms. The van der Waals surface area contributed by atoms with Gasteiger partial charge in [0, 0.05) is 34.6 Å². The Morgan fingerprint density at radius 3 is 2.28 bits per heavy atom. The largest absolute Gasteiger partial charge is 0.494 e. The fourth-order valence-electron chi connectivity index (χ4n) is 2.96. The number of amides is 2. The Morgan fingerprint density at radius 2 is 1.66 bits per heavy atom. The Hall–Kier alpha value is -1.95. The third-order valence-electron chi connectivity index (χ3n) is 4.82. The van der Waals surface area contributed by atoms with Crippen LogP contribution in [0, 0.1) is 5.92 Å². The van der Waals surface area contributed by atoms with Crippen molar-refractivity contribution in [2.24, 2.45) is 5.92 Å². The molecule has 0 radical (unpaired) electrons. The van der Waals surface area contributed by atoms with Crippen LogP contribution in [0.5, 0.6) is 5.75 Å². The SMILES string of the molecule is CC(C)CNC(=O)[C@@H](C)N(Cc1ccc(Cl)cc1Cl)C(=O)CCCOc1ccc(Cl)cc1. The second-order valence-electron chi connectivity index (χ2n) is 7.98. The molecule has 0 unspecified atom stereocenters. The van der Waals surface area contributed by atoms with Gasteiger partial charge in [0.15, 0.2) is 0 Å². The van der Waals surface area contributed by atoms with E-state index in [1.54, 1.807) is 54.3 Å². The average molecular weight is 500 g/mol. The van der Waals surface area contributed by atoms with Crippen LogP contribution in [-0.2, 0) is 16.1 Å². The van der Waals surface area contributed by atoms with Crippen molar-refractivity contribution in [3.63, 3.8) is 0 Å². The summed E-state index contributed by atoms with van der Waals surface area (Å²) in [5.74, 6) is 0.650. The molecule has 5 nitrogen and oxygen atoms in total. The number of nitrogens with one attached hydrogen (secondary N) is 1. The van der Waals surface area contributed by atoms with Crippen molar-refractivity contribution < 1.29 is 14.3 Å². The van der Waals surface area contributed by atoms with Crippen molar-refractivity contribution >= 4 is 46.6 Å². The molecular weight excluding hydrogens is 471 g/mol. The van der Waals surface area contributed by atoms with Gasteiger partial charge in [-0.2, -0.15) is 0 Å². The van der Waals surface area contributed by atoms with Gasteiger partial charge >= 0.3 is 0 Å². The van der Waals surface area contributed by atoms with E-state index in [4.69, 9.17) is 39.5 Å². The van der Waals surface area contributed by atoms with Crippen LogP contribution in [0.25, 0.3) is 0 Å². The van der Waals surface area contributed by atoms with Gasteiger partial charge in [-0.15, -0.1) is 0 Å². The molecule has 0 spiro atoms. The second kappa shape index (κ2) is 12.9. The van der Waals surface area contributed by atoms with Gasteiger partial charge in [-0.3, -0.25) is 9.59 Å². The van der Waals surface area contributed by atoms with Gasteiger partial charge in [0.1, 0.15) is 11.8 Å². The van der Waals surface area contributed by atoms with Crippen molar-refractivity contribution in [3.8, 4) is 5.75 Å². The van der Waals surface area contributed by atoms with Gasteiger partial charge in [0.25, 0.3) is 0 Å². The highest BCUT2D eigenvalue weighted by Crippen LogP contribution is 2.24. The molecule has 0 saturated carbocycles. The van der Waals surface area contributed by atoms with Gasteiger partial charge in [0.2, 0.25) is 11.8 Å². The maximum Gasteiger partial charge on any atom is 0.242 e. The fraction of sp³-hybridized carbons (Fsp3) is 0.417. The Balaban J connectivity index is 2.03. The van der Waals surface area contributed by atoms with Crippen LogP contribution in [-0.4, -0.2) is 35.9 Å². The number of carbonyl (C=O) groups excluding carboxylic acids is 2. The molecule has 1 N–H and O–H groups in total. The minimum Gasteiger partial charge on any atom is -0.494 e. The molecule has 32 heavy (non-hydrogen) atoms. The molecule has 8 heteroatoms. The standard InChI is InChI=1S/C24H29Cl3N2O3/c1-16(2)14-28-24(31)17(3)29(15-18-6-7-20(26)13-22(18)27)23(30)5-4-12-32-21-10-8-19(25)9-11-21/h6-11,13,16-17H,4-5,12,14-15H2,1-3H3,(H,28,31)/t17-/m1/s1. The predicted octanol–water partition coefficient (Wildman–Crippen LogP) is 6.00. The maximum atomic E-state index is 13.1. The van der Waals surface area contributed by atoms with Crippen LogP contribution in [0.15, 0.2) is 42.5 Å². The summed E-state index contributed by atoms with van der Waals surface area (Å²) in [7, 11) is 0. The summed E-state index contributed by atoms with van der Waals surface area (Å²) in [6.45, 7) is 6.88. The van der Waals surface area contributed by atoms with Gasteiger partial charge in [-0.25, -0.2) is 0 Å². The number of nitrogens with zero attached hydrogens (tertiary/aromatic N) is 1. The quantitative estimate of drug-likeness (QED) is 0.386. The van der Waals surface area contributed by atoms with E-state index in [1.165, 1.54) is 0 Å². The monoisotopic (exact) mass is 498 g/mol. The molecule has 2 aromatic carbocycles. The molecule has 1 atom stereocenters. The van der Waals surface area contributed by atoms with Crippen molar-refractivity contribution in [3.05, 3.63) is 63.1 Å². The number of rotatable bonds is 11. The molecule has 2 rings (SSSR count). The van der Waals surface area contributed by atoms with Crippen LogP contribution in [0.3, 0.4) is 0 Å². The normalized spacial score (nSPS) is 11.8. The van der Waals surface area contributed by atoms with E-state index >= 15 is 0 Å². The van der Waals surface area contributed by atoms with Crippen LogP contribution in [0.2, 0.25) is 15.1 Å². The number of benzene rings is 2. The Kier molecular flexibility index (Phi) is 10.6. The number of carbonyl (C=O) groups is 2. The molecule has 0 aliphatic heterocycles. The summed E-state index contributed by atoms with van der Waals surface area (Å²) in [4.78, 5) is 27.3. The van der Waals surface area contributed by atoms with Crippen molar-refractivity contribution in [2.45, 2.75) is 46.2 Å². The second-order valence-corrected chi connectivity index (χ2v) is 9.26. The van der Waals surface area contributed by atoms with Crippen molar-refractivity contribution in [1.29, 1.82) is 0 Å². The van der Waals surface area contributed by atoms with E-state index in [2.05, 4.69) is 5.32 Å². The van der Waals surface area contributed by atoms with Gasteiger partial charge in [-0.1, -0.05) is 54.7 Å². The highest BCUT2D eigenvalue weighted by atomic mass is 35.5. The fourth-order valence-corrected chi connectivity index (χ4v) is 3.55. The van der Waals surface area contributed by atoms with E-state index in [0.717, 1.165) is 5.56 Å². The highest BCUT2D eigenvalue weighted by Gasteiger charge is 2.26. The van der Waals surface area contributed by atoms with E-state index in [-0.39, 0.29) is 24.8 Å². The lowest BCUT2D eigenvalue weighted by molar-refractivity contribution is -0.140. The Labute approximate surface area is 205 Å². The number of halogens is 3. The molecule has 0 aromatic heterocycles. The zero-order valence-corrected chi connectivity index (χ0v) is 20.8.